The van der Waals surface area contributed by atoms with E-state index < -0.39 is 42.3 Å². The van der Waals surface area contributed by atoms with Crippen molar-refractivity contribution in [2.75, 3.05) is 10.6 Å². The number of carbonyl (C=O) groups is 1. The molecule has 0 aliphatic heterocycles. The van der Waals surface area contributed by atoms with Gasteiger partial charge in [-0.1, -0.05) is 19.8 Å². The highest BCUT2D eigenvalue weighted by atomic mass is 127. The standard InChI is InChI=1S/C18H18F6IN5O2/c1-2-3-4-5-12(31)27-15-28-14(26-11-8-6-10(25)7-9-11)29-16(30-15)32-13(17(19,20)21)18(22,23)24/h6-9,13H,2-5H2,1H3,(H2,26,27,28,29,30,31). The molecule has 0 atom stereocenters. The lowest BCUT2D eigenvalue weighted by Gasteiger charge is -2.23. The number of unbranched alkanes of at least 4 members (excludes halogenated alkanes) is 2. The zero-order chi connectivity index (χ0) is 23.9. The number of hydrogen-bond acceptors (Lipinski definition) is 6. The summed E-state index contributed by atoms with van der Waals surface area (Å²) in [7, 11) is 0. The van der Waals surface area contributed by atoms with Crippen LogP contribution in [-0.2, 0) is 4.79 Å². The molecule has 7 nitrogen and oxygen atoms in total. The van der Waals surface area contributed by atoms with E-state index in [0.29, 0.717) is 12.1 Å². The van der Waals surface area contributed by atoms with Gasteiger partial charge in [0.1, 0.15) is 0 Å². The average molecular weight is 577 g/mol. The molecule has 1 heterocycles. The molecule has 1 aromatic carbocycles. The number of aromatic nitrogens is 3. The molecule has 0 spiro atoms. The fourth-order valence-electron chi connectivity index (χ4n) is 2.33. The molecule has 0 fully saturated rings. The van der Waals surface area contributed by atoms with Gasteiger partial charge in [-0.3, -0.25) is 10.1 Å². The van der Waals surface area contributed by atoms with Gasteiger partial charge in [-0.2, -0.15) is 41.3 Å². The summed E-state index contributed by atoms with van der Waals surface area (Å²) in [5, 5.41) is 4.87. The first-order chi connectivity index (χ1) is 14.9. The summed E-state index contributed by atoms with van der Waals surface area (Å²) >= 11 is 2.04. The van der Waals surface area contributed by atoms with E-state index in [1.807, 2.05) is 29.5 Å². The van der Waals surface area contributed by atoms with Crippen LogP contribution in [0.15, 0.2) is 24.3 Å². The first-order valence-corrected chi connectivity index (χ1v) is 10.3. The third kappa shape index (κ3) is 8.27. The molecule has 2 N–H and O–H groups in total. The molecule has 0 aliphatic rings. The van der Waals surface area contributed by atoms with Gasteiger partial charge in [-0.15, -0.1) is 0 Å². The topological polar surface area (TPSA) is 89.0 Å². The van der Waals surface area contributed by atoms with Crippen LogP contribution in [-0.4, -0.2) is 39.3 Å². The Labute approximate surface area is 192 Å². The summed E-state index contributed by atoms with van der Waals surface area (Å²) in [5.41, 5.74) is 0.394. The molecular formula is C18H18F6IN5O2. The van der Waals surface area contributed by atoms with Gasteiger partial charge in [-0.25, -0.2) is 0 Å². The molecule has 0 bridgehead atoms. The van der Waals surface area contributed by atoms with Gasteiger partial charge in [0, 0.05) is 15.7 Å². The highest BCUT2D eigenvalue weighted by Crippen LogP contribution is 2.36. The van der Waals surface area contributed by atoms with Crippen LogP contribution in [0, 0.1) is 3.57 Å². The summed E-state index contributed by atoms with van der Waals surface area (Å²) in [5.74, 6) is -1.52. The predicted octanol–water partition coefficient (Wildman–Crippen LogP) is 5.61. The summed E-state index contributed by atoms with van der Waals surface area (Å²) in [6, 6.07) is 5.31. The quantitative estimate of drug-likeness (QED) is 0.229. The number of rotatable bonds is 9. The van der Waals surface area contributed by atoms with Crippen molar-refractivity contribution in [2.45, 2.75) is 51.1 Å². The first kappa shape index (κ1) is 25.9. The highest BCUT2D eigenvalue weighted by Gasteiger charge is 2.59. The van der Waals surface area contributed by atoms with Gasteiger partial charge in [0.2, 0.25) is 17.8 Å². The van der Waals surface area contributed by atoms with Crippen LogP contribution in [0.5, 0.6) is 6.01 Å². The van der Waals surface area contributed by atoms with Gasteiger partial charge >= 0.3 is 18.4 Å². The van der Waals surface area contributed by atoms with E-state index in [0.717, 1.165) is 16.4 Å². The minimum Gasteiger partial charge on any atom is -0.440 e. The number of carbonyl (C=O) groups excluding carboxylic acids is 1. The Morgan fingerprint density at radius 2 is 1.59 bits per heavy atom. The maximum atomic E-state index is 12.9. The number of nitrogens with zero attached hydrogens (tertiary/aromatic N) is 3. The van der Waals surface area contributed by atoms with Crippen LogP contribution in [0.2, 0.25) is 0 Å². The fourth-order valence-corrected chi connectivity index (χ4v) is 2.69. The van der Waals surface area contributed by atoms with Crippen LogP contribution in [0.3, 0.4) is 0 Å². The van der Waals surface area contributed by atoms with Gasteiger partial charge in [0.25, 0.3) is 6.10 Å². The van der Waals surface area contributed by atoms with E-state index >= 15 is 0 Å². The molecule has 1 aromatic heterocycles. The third-order valence-electron chi connectivity index (χ3n) is 3.79. The van der Waals surface area contributed by atoms with Crippen LogP contribution in [0.25, 0.3) is 0 Å². The van der Waals surface area contributed by atoms with Crippen molar-refractivity contribution in [1.29, 1.82) is 0 Å². The van der Waals surface area contributed by atoms with E-state index in [9.17, 15) is 31.1 Å². The largest absolute Gasteiger partial charge is 0.440 e. The van der Waals surface area contributed by atoms with Crippen molar-refractivity contribution < 1.29 is 35.9 Å². The monoisotopic (exact) mass is 577 g/mol. The fraction of sp³-hybridized carbons (Fsp3) is 0.444. The van der Waals surface area contributed by atoms with Gasteiger partial charge in [-0.05, 0) is 53.3 Å². The van der Waals surface area contributed by atoms with E-state index in [-0.39, 0.29) is 6.42 Å². The number of anilines is 3. The molecule has 0 aliphatic carbocycles. The molecule has 0 saturated carbocycles. The number of nitrogens with one attached hydrogen (secondary N) is 2. The van der Waals surface area contributed by atoms with Crippen molar-refractivity contribution in [1.82, 2.24) is 15.0 Å². The Morgan fingerprint density at radius 1 is 1.00 bits per heavy atom. The molecule has 0 unspecified atom stereocenters. The number of alkyl halides is 6. The lowest BCUT2D eigenvalue weighted by Crippen LogP contribution is -2.47. The summed E-state index contributed by atoms with van der Waals surface area (Å²) in [6.07, 6.45) is -13.5. The van der Waals surface area contributed by atoms with Crippen LogP contribution in [0.1, 0.15) is 32.6 Å². The lowest BCUT2D eigenvalue weighted by molar-refractivity contribution is -0.301. The SMILES string of the molecule is CCCCCC(=O)Nc1nc(Nc2ccc(I)cc2)nc(OC(C(F)(F)F)C(F)(F)F)n1. The second kappa shape index (κ2) is 11.0. The highest BCUT2D eigenvalue weighted by molar-refractivity contribution is 14.1. The second-order valence-electron chi connectivity index (χ2n) is 6.48. The molecule has 176 valence electrons. The Bertz CT molecular complexity index is 894. The molecule has 0 radical (unpaired) electrons. The van der Waals surface area contributed by atoms with Crippen LogP contribution in [0.4, 0.5) is 43.9 Å². The Balaban J connectivity index is 2.34. The van der Waals surface area contributed by atoms with Crippen molar-refractivity contribution in [2.24, 2.45) is 0 Å². The van der Waals surface area contributed by atoms with E-state index in [1.54, 1.807) is 24.3 Å². The van der Waals surface area contributed by atoms with Crippen molar-refractivity contribution in [3.05, 3.63) is 27.8 Å². The molecule has 2 aromatic rings. The number of amides is 1. The number of ether oxygens (including phenoxy) is 1. The number of halogens is 7. The van der Waals surface area contributed by atoms with Gasteiger partial charge < -0.3 is 10.1 Å². The van der Waals surface area contributed by atoms with E-state index in [1.165, 1.54) is 0 Å². The number of benzene rings is 1. The minimum absolute atomic E-state index is 0.0727. The Kier molecular flexibility index (Phi) is 8.86. The Morgan fingerprint density at radius 3 is 2.16 bits per heavy atom. The zero-order valence-corrected chi connectivity index (χ0v) is 18.7. The molecule has 32 heavy (non-hydrogen) atoms. The number of hydrogen-bond donors (Lipinski definition) is 2. The van der Waals surface area contributed by atoms with E-state index in [4.69, 9.17) is 0 Å². The third-order valence-corrected chi connectivity index (χ3v) is 4.51. The normalized spacial score (nSPS) is 12.0. The van der Waals surface area contributed by atoms with Crippen LogP contribution >= 0.6 is 22.6 Å². The first-order valence-electron chi connectivity index (χ1n) is 9.27. The molecule has 2 rings (SSSR count). The van der Waals surface area contributed by atoms with Crippen molar-refractivity contribution >= 4 is 46.1 Å². The maximum Gasteiger partial charge on any atom is 0.434 e. The molecule has 1 amide bonds. The predicted molar refractivity (Wildman–Crippen MR) is 112 cm³/mol. The smallest absolute Gasteiger partial charge is 0.434 e. The molecule has 0 saturated heterocycles. The lowest BCUT2D eigenvalue weighted by atomic mass is 10.2. The van der Waals surface area contributed by atoms with Gasteiger partial charge in [0.05, 0.1) is 0 Å². The zero-order valence-electron chi connectivity index (χ0n) is 16.5. The van der Waals surface area contributed by atoms with Gasteiger partial charge in [0.15, 0.2) is 0 Å². The summed E-state index contributed by atoms with van der Waals surface area (Å²) < 4.78 is 82.1. The maximum absolute atomic E-state index is 12.9. The Hall–Kier alpha value is -2.39. The molecular weight excluding hydrogens is 559 g/mol. The summed E-state index contributed by atoms with van der Waals surface area (Å²) in [4.78, 5) is 22.8. The van der Waals surface area contributed by atoms with Crippen molar-refractivity contribution in [3.63, 3.8) is 0 Å². The van der Waals surface area contributed by atoms with Crippen LogP contribution < -0.4 is 15.4 Å². The minimum atomic E-state index is -5.77. The van der Waals surface area contributed by atoms with Crippen molar-refractivity contribution in [3.8, 4) is 6.01 Å². The summed E-state index contributed by atoms with van der Waals surface area (Å²) in [6.45, 7) is 1.92. The molecule has 14 heteroatoms. The second-order valence-corrected chi connectivity index (χ2v) is 7.73. The average Bonchev–Trinajstić information content (AvgIpc) is 2.66. The van der Waals surface area contributed by atoms with E-state index in [2.05, 4.69) is 30.3 Å².